The predicted octanol–water partition coefficient (Wildman–Crippen LogP) is 12.1. The van der Waals surface area contributed by atoms with Crippen LogP contribution in [0.25, 0.3) is 95.0 Å². The predicted molar refractivity (Wildman–Crippen MR) is 188 cm³/mol. The van der Waals surface area contributed by atoms with Crippen LogP contribution in [0.4, 0.5) is 0 Å². The summed E-state index contributed by atoms with van der Waals surface area (Å²) in [7, 11) is 0. The summed E-state index contributed by atoms with van der Waals surface area (Å²) in [5, 5.41) is 14.0. The summed E-state index contributed by atoms with van der Waals surface area (Å²) in [6.07, 6.45) is 0. The molecule has 0 atom stereocenters. The molecule has 0 radical (unpaired) electrons. The number of nitrogens with zero attached hydrogens (tertiary/aromatic N) is 2. The minimum Gasteiger partial charge on any atom is -0.232 e. The molecule has 43 heavy (non-hydrogen) atoms. The normalized spacial score (nSPS) is 12.3. The molecule has 0 saturated heterocycles. The fourth-order valence-electron chi connectivity index (χ4n) is 6.91. The molecule has 3 aromatic heterocycles. The summed E-state index contributed by atoms with van der Waals surface area (Å²) in [6, 6.07) is 41.3. The van der Waals surface area contributed by atoms with Crippen LogP contribution in [0.15, 0.2) is 115 Å². The van der Waals surface area contributed by atoms with Gasteiger partial charge in [-0.05, 0) is 49.8 Å². The molecule has 0 aliphatic heterocycles. The Morgan fingerprint density at radius 3 is 2.00 bits per heavy atom. The first-order chi connectivity index (χ1) is 21.2. The average molecular weight is 603 g/mol. The van der Waals surface area contributed by atoms with Crippen LogP contribution < -0.4 is 0 Å². The van der Waals surface area contributed by atoms with E-state index in [4.69, 9.17) is 21.6 Å². The number of hydrogen-bond donors (Lipinski definition) is 0. The minimum absolute atomic E-state index is 0.431. The smallest absolute Gasteiger partial charge is 0.156 e. The highest BCUT2D eigenvalue weighted by atomic mass is 35.5. The van der Waals surface area contributed by atoms with Gasteiger partial charge in [0, 0.05) is 41.2 Å². The Morgan fingerprint density at radius 2 is 1.16 bits per heavy atom. The molecule has 10 rings (SSSR count). The van der Waals surface area contributed by atoms with E-state index in [0.717, 1.165) is 32.4 Å². The highest BCUT2D eigenvalue weighted by Gasteiger charge is 2.23. The molecule has 0 saturated carbocycles. The van der Waals surface area contributed by atoms with Crippen molar-refractivity contribution < 1.29 is 0 Å². The third-order valence-electron chi connectivity index (χ3n) is 8.75. The van der Waals surface area contributed by atoms with Crippen LogP contribution in [0.3, 0.4) is 0 Å². The summed E-state index contributed by atoms with van der Waals surface area (Å²) in [5.74, 6) is 0. The minimum atomic E-state index is 0.431. The summed E-state index contributed by atoms with van der Waals surface area (Å²) in [4.78, 5) is 11.1. The molecule has 0 unspecified atom stereocenters. The fourth-order valence-corrected chi connectivity index (χ4v) is 9.57. The van der Waals surface area contributed by atoms with Gasteiger partial charge in [0.1, 0.15) is 16.0 Å². The van der Waals surface area contributed by atoms with Gasteiger partial charge in [-0.25, -0.2) is 9.97 Å². The number of rotatable bonds is 1. The van der Waals surface area contributed by atoms with Gasteiger partial charge in [0.25, 0.3) is 0 Å². The first-order valence-corrected chi connectivity index (χ1v) is 16.2. The van der Waals surface area contributed by atoms with Crippen LogP contribution >= 0.6 is 34.3 Å². The van der Waals surface area contributed by atoms with Crippen molar-refractivity contribution in [3.8, 4) is 11.3 Å². The Balaban J connectivity index is 1.47. The van der Waals surface area contributed by atoms with Crippen molar-refractivity contribution in [3.63, 3.8) is 0 Å². The first kappa shape index (κ1) is 23.9. The molecule has 0 amide bonds. The number of halogens is 1. The van der Waals surface area contributed by atoms with Gasteiger partial charge in [-0.15, -0.1) is 22.7 Å². The van der Waals surface area contributed by atoms with Crippen LogP contribution in [-0.4, -0.2) is 9.97 Å². The molecule has 0 aliphatic rings. The van der Waals surface area contributed by atoms with Gasteiger partial charge in [0.15, 0.2) is 5.15 Å². The second-order valence-corrected chi connectivity index (χ2v) is 13.4. The van der Waals surface area contributed by atoms with Crippen LogP contribution in [0.2, 0.25) is 5.15 Å². The van der Waals surface area contributed by atoms with Crippen molar-refractivity contribution >= 4 is 118 Å². The van der Waals surface area contributed by atoms with Gasteiger partial charge in [-0.3, -0.25) is 0 Å². The van der Waals surface area contributed by atoms with Gasteiger partial charge >= 0.3 is 0 Å². The molecular formula is C38H19ClN2S2. The third-order valence-corrected chi connectivity index (χ3v) is 11.3. The lowest BCUT2D eigenvalue weighted by molar-refractivity contribution is 1.33. The van der Waals surface area contributed by atoms with Crippen molar-refractivity contribution in [2.24, 2.45) is 0 Å². The van der Waals surface area contributed by atoms with Gasteiger partial charge in [0.05, 0.1) is 0 Å². The molecule has 5 heteroatoms. The number of fused-ring (bicyclic) bond motifs is 15. The highest BCUT2D eigenvalue weighted by Crippen LogP contribution is 2.50. The van der Waals surface area contributed by atoms with Crippen LogP contribution in [0.1, 0.15) is 0 Å². The zero-order valence-electron chi connectivity index (χ0n) is 22.6. The molecular weight excluding hydrogens is 584 g/mol. The molecule has 0 spiro atoms. The third kappa shape index (κ3) is 3.23. The monoisotopic (exact) mass is 602 g/mol. The molecule has 0 bridgehead atoms. The number of thiophene rings is 2. The van der Waals surface area contributed by atoms with E-state index in [-0.39, 0.29) is 0 Å². The van der Waals surface area contributed by atoms with E-state index in [1.54, 1.807) is 11.3 Å². The Labute approximate surface area is 258 Å². The van der Waals surface area contributed by atoms with Gasteiger partial charge in [-0.2, -0.15) is 0 Å². The second kappa shape index (κ2) is 8.71. The zero-order chi connectivity index (χ0) is 28.2. The Morgan fingerprint density at radius 1 is 0.488 bits per heavy atom. The van der Waals surface area contributed by atoms with E-state index in [9.17, 15) is 0 Å². The van der Waals surface area contributed by atoms with Gasteiger partial charge in [-0.1, -0.05) is 115 Å². The average Bonchev–Trinajstić information content (AvgIpc) is 3.63. The van der Waals surface area contributed by atoms with E-state index >= 15 is 0 Å². The molecule has 0 N–H and O–H groups in total. The van der Waals surface area contributed by atoms with Crippen molar-refractivity contribution in [2.45, 2.75) is 0 Å². The number of aromatic nitrogens is 2. The van der Waals surface area contributed by atoms with Crippen molar-refractivity contribution in [2.75, 3.05) is 0 Å². The number of hydrogen-bond acceptors (Lipinski definition) is 4. The van der Waals surface area contributed by atoms with E-state index in [1.165, 1.54) is 62.6 Å². The summed E-state index contributed by atoms with van der Waals surface area (Å²) >= 11 is 10.7. The van der Waals surface area contributed by atoms with Crippen molar-refractivity contribution in [1.29, 1.82) is 0 Å². The second-order valence-electron chi connectivity index (χ2n) is 11.0. The molecule has 200 valence electrons. The summed E-state index contributed by atoms with van der Waals surface area (Å²) < 4.78 is 3.73. The van der Waals surface area contributed by atoms with Crippen LogP contribution in [0, 0.1) is 0 Å². The maximum Gasteiger partial charge on any atom is 0.156 e. The molecule has 2 nitrogen and oxygen atoms in total. The zero-order valence-corrected chi connectivity index (χ0v) is 24.9. The number of benzene rings is 7. The quantitative estimate of drug-likeness (QED) is 0.175. The van der Waals surface area contributed by atoms with E-state index < -0.39 is 0 Å². The van der Waals surface area contributed by atoms with E-state index in [0.29, 0.717) is 5.15 Å². The standard InChI is InChI=1S/C38H19ClN2S2/c39-37-33(41-38-34(40-37)26-15-7-8-16-29(26)42-38)28-19-21-10-2-3-11-22(21)30-24-13-5-6-14-25(24)31-27-18-17-20-9-1-4-12-23(20)35(27)43-36(31)32(28)30/h1-19H. The summed E-state index contributed by atoms with van der Waals surface area (Å²) in [6.45, 7) is 0. The topological polar surface area (TPSA) is 25.8 Å². The van der Waals surface area contributed by atoms with Crippen molar-refractivity contribution in [1.82, 2.24) is 9.97 Å². The Bertz CT molecular complexity index is 2810. The maximum absolute atomic E-state index is 7.11. The molecule has 0 aliphatic carbocycles. The summed E-state index contributed by atoms with van der Waals surface area (Å²) in [5.41, 5.74) is 2.62. The lowest BCUT2D eigenvalue weighted by Crippen LogP contribution is -1.93. The Hall–Kier alpha value is -4.61. The van der Waals surface area contributed by atoms with Crippen molar-refractivity contribution in [3.05, 3.63) is 120 Å². The Kier molecular flexibility index (Phi) is 4.84. The van der Waals surface area contributed by atoms with Gasteiger partial charge in [0.2, 0.25) is 0 Å². The lowest BCUT2D eigenvalue weighted by Gasteiger charge is -2.15. The highest BCUT2D eigenvalue weighted by molar-refractivity contribution is 7.28. The molecule has 0 fully saturated rings. The van der Waals surface area contributed by atoms with Gasteiger partial charge < -0.3 is 0 Å². The fraction of sp³-hybridized carbons (Fsp3) is 0. The lowest BCUT2D eigenvalue weighted by atomic mass is 9.89. The largest absolute Gasteiger partial charge is 0.232 e. The molecule has 3 heterocycles. The van der Waals surface area contributed by atoms with Crippen LogP contribution in [-0.2, 0) is 0 Å². The van der Waals surface area contributed by atoms with Crippen LogP contribution in [0.5, 0.6) is 0 Å². The van der Waals surface area contributed by atoms with E-state index in [2.05, 4.69) is 109 Å². The first-order valence-electron chi connectivity index (χ1n) is 14.2. The SMILES string of the molecule is Clc1nc2c(nc1-c1cc3ccccc3c3c4ccccc4c4c5ccc6ccccc6c5sc4c13)sc1ccccc12. The molecule has 7 aromatic carbocycles. The maximum atomic E-state index is 7.11. The van der Waals surface area contributed by atoms with E-state index in [1.807, 2.05) is 17.4 Å². The molecule has 10 aromatic rings.